The summed E-state index contributed by atoms with van der Waals surface area (Å²) in [6.07, 6.45) is 1.00. The van der Waals surface area contributed by atoms with Gasteiger partial charge in [-0.15, -0.1) is 0 Å². The number of carboxylic acid groups (broad SMARTS) is 1. The number of hydrogen-bond donors (Lipinski definition) is 4. The van der Waals surface area contributed by atoms with Crippen LogP contribution in [0, 0.1) is 0 Å². The largest absolute Gasteiger partial charge is 0.481 e. The molecule has 0 aliphatic heterocycles. The first-order valence-electron chi connectivity index (χ1n) is 4.44. The highest BCUT2D eigenvalue weighted by Gasteiger charge is 2.11. The fourth-order valence-electron chi connectivity index (χ4n) is 0.852. The maximum atomic E-state index is 11.2. The summed E-state index contributed by atoms with van der Waals surface area (Å²) >= 11 is 3.95. The van der Waals surface area contributed by atoms with Gasteiger partial charge in [0.1, 0.15) is 0 Å². The Hall–Kier alpha value is -0.750. The van der Waals surface area contributed by atoms with Crippen molar-refractivity contribution in [2.24, 2.45) is 5.73 Å². The minimum absolute atomic E-state index is 0.0576. The lowest BCUT2D eigenvalue weighted by Gasteiger charge is -2.10. The number of carbonyl (C=O) groups is 2. The highest BCUT2D eigenvalue weighted by molar-refractivity contribution is 7.80. The third-order valence-corrected chi connectivity index (χ3v) is 1.90. The summed E-state index contributed by atoms with van der Waals surface area (Å²) in [4.78, 5) is 21.3. The minimum Gasteiger partial charge on any atom is -0.481 e. The molecular weight excluding hydrogens is 204 g/mol. The van der Waals surface area contributed by atoms with E-state index in [1.165, 1.54) is 0 Å². The van der Waals surface area contributed by atoms with Crippen LogP contribution in [0.3, 0.4) is 0 Å². The molecule has 0 aliphatic rings. The zero-order valence-corrected chi connectivity index (χ0v) is 8.80. The van der Waals surface area contributed by atoms with Gasteiger partial charge in [-0.05, 0) is 18.6 Å². The Bertz CT molecular complexity index is 199. The third-order valence-electron chi connectivity index (χ3n) is 1.64. The first-order chi connectivity index (χ1) is 6.57. The average Bonchev–Trinajstić information content (AvgIpc) is 2.12. The van der Waals surface area contributed by atoms with Crippen LogP contribution in [0.25, 0.3) is 0 Å². The lowest BCUT2D eigenvalue weighted by atomic mass is 10.2. The van der Waals surface area contributed by atoms with Crippen molar-refractivity contribution in [2.45, 2.75) is 25.3 Å². The van der Waals surface area contributed by atoms with Crippen LogP contribution in [0.4, 0.5) is 0 Å². The van der Waals surface area contributed by atoms with E-state index in [0.29, 0.717) is 25.1 Å². The normalized spacial score (nSPS) is 12.1. The van der Waals surface area contributed by atoms with E-state index in [4.69, 9.17) is 10.8 Å². The van der Waals surface area contributed by atoms with E-state index >= 15 is 0 Å². The lowest BCUT2D eigenvalue weighted by Crippen LogP contribution is -2.41. The standard InChI is InChI=1S/C8H16N2O3S/c9-6(3-5-14)8(13)10-4-1-2-7(11)12/h6,14H,1-5,9H2,(H,10,13)(H,11,12)/t6-/m0/s1. The number of amides is 1. The van der Waals surface area contributed by atoms with Crippen molar-refractivity contribution in [1.29, 1.82) is 0 Å². The van der Waals surface area contributed by atoms with Gasteiger partial charge in [-0.1, -0.05) is 0 Å². The summed E-state index contributed by atoms with van der Waals surface area (Å²) in [5.41, 5.74) is 5.49. The molecule has 82 valence electrons. The predicted octanol–water partition coefficient (Wildman–Crippen LogP) is -0.385. The van der Waals surface area contributed by atoms with E-state index in [1.807, 2.05) is 0 Å². The van der Waals surface area contributed by atoms with Gasteiger partial charge in [0.25, 0.3) is 0 Å². The SMILES string of the molecule is N[C@@H](CCS)C(=O)NCCCC(=O)O. The minimum atomic E-state index is -0.862. The number of nitrogens with two attached hydrogens (primary N) is 1. The Morgan fingerprint density at radius 3 is 2.64 bits per heavy atom. The first-order valence-corrected chi connectivity index (χ1v) is 5.07. The molecule has 6 heteroatoms. The second-order valence-corrected chi connectivity index (χ2v) is 3.35. The Kier molecular flexibility index (Phi) is 7.23. The molecule has 0 aliphatic carbocycles. The summed E-state index contributed by atoms with van der Waals surface area (Å²) in [5.74, 6) is -0.549. The van der Waals surface area contributed by atoms with Gasteiger partial charge in [0.15, 0.2) is 0 Å². The molecule has 1 atom stereocenters. The van der Waals surface area contributed by atoms with Gasteiger partial charge >= 0.3 is 5.97 Å². The Balaban J connectivity index is 3.48. The third kappa shape index (κ3) is 6.73. The summed E-state index contributed by atoms with van der Waals surface area (Å²) in [6, 6.07) is -0.544. The highest BCUT2D eigenvalue weighted by atomic mass is 32.1. The molecule has 0 bridgehead atoms. The van der Waals surface area contributed by atoms with Crippen molar-refractivity contribution in [1.82, 2.24) is 5.32 Å². The van der Waals surface area contributed by atoms with Crippen molar-refractivity contribution in [2.75, 3.05) is 12.3 Å². The second-order valence-electron chi connectivity index (χ2n) is 2.91. The van der Waals surface area contributed by atoms with Crippen molar-refractivity contribution in [3.05, 3.63) is 0 Å². The van der Waals surface area contributed by atoms with Gasteiger partial charge in [-0.3, -0.25) is 9.59 Å². The van der Waals surface area contributed by atoms with Gasteiger partial charge in [0, 0.05) is 13.0 Å². The van der Waals surface area contributed by atoms with Gasteiger partial charge in [-0.25, -0.2) is 0 Å². The Morgan fingerprint density at radius 2 is 2.14 bits per heavy atom. The van der Waals surface area contributed by atoms with Gasteiger partial charge in [0.05, 0.1) is 6.04 Å². The molecule has 0 rings (SSSR count). The molecule has 0 heterocycles. The molecule has 0 radical (unpaired) electrons. The molecule has 0 fully saturated rings. The molecular formula is C8H16N2O3S. The van der Waals surface area contributed by atoms with Crippen LogP contribution in [0.2, 0.25) is 0 Å². The molecule has 4 N–H and O–H groups in total. The number of rotatable bonds is 7. The van der Waals surface area contributed by atoms with Crippen molar-refractivity contribution in [3.8, 4) is 0 Å². The number of aliphatic carboxylic acids is 1. The fraction of sp³-hybridized carbons (Fsp3) is 0.750. The summed E-state index contributed by atoms with van der Waals surface area (Å²) < 4.78 is 0. The van der Waals surface area contributed by atoms with Gasteiger partial charge in [-0.2, -0.15) is 12.6 Å². The summed E-state index contributed by atoms with van der Waals surface area (Å²) in [6.45, 7) is 0.353. The maximum absolute atomic E-state index is 11.2. The van der Waals surface area contributed by atoms with E-state index in [2.05, 4.69) is 17.9 Å². The monoisotopic (exact) mass is 220 g/mol. The molecule has 0 aromatic heterocycles. The van der Waals surface area contributed by atoms with Crippen LogP contribution >= 0.6 is 12.6 Å². The van der Waals surface area contributed by atoms with Crippen LogP contribution < -0.4 is 11.1 Å². The number of thiol groups is 1. The quantitative estimate of drug-likeness (QED) is 0.347. The van der Waals surface area contributed by atoms with E-state index in [0.717, 1.165) is 0 Å². The van der Waals surface area contributed by atoms with Crippen LogP contribution in [-0.4, -0.2) is 35.3 Å². The molecule has 0 unspecified atom stereocenters. The Labute approximate surface area is 88.5 Å². The molecule has 14 heavy (non-hydrogen) atoms. The Morgan fingerprint density at radius 1 is 1.50 bits per heavy atom. The number of carbonyl (C=O) groups excluding carboxylic acids is 1. The molecule has 0 aromatic rings. The fourth-order valence-corrected chi connectivity index (χ4v) is 1.13. The van der Waals surface area contributed by atoms with E-state index < -0.39 is 12.0 Å². The summed E-state index contributed by atoms with van der Waals surface area (Å²) in [7, 11) is 0. The highest BCUT2D eigenvalue weighted by Crippen LogP contribution is 1.92. The molecule has 0 saturated heterocycles. The van der Waals surface area contributed by atoms with Crippen LogP contribution in [0.1, 0.15) is 19.3 Å². The average molecular weight is 220 g/mol. The van der Waals surface area contributed by atoms with Crippen LogP contribution in [-0.2, 0) is 9.59 Å². The first kappa shape index (κ1) is 13.2. The van der Waals surface area contributed by atoms with E-state index in [-0.39, 0.29) is 12.3 Å². The number of hydrogen-bond acceptors (Lipinski definition) is 4. The number of nitrogens with one attached hydrogen (secondary N) is 1. The molecule has 0 saturated carbocycles. The number of carboxylic acids is 1. The predicted molar refractivity (Wildman–Crippen MR) is 56.3 cm³/mol. The lowest BCUT2D eigenvalue weighted by molar-refractivity contribution is -0.137. The van der Waals surface area contributed by atoms with Gasteiger partial charge < -0.3 is 16.2 Å². The molecule has 0 aromatic carbocycles. The van der Waals surface area contributed by atoms with E-state index in [9.17, 15) is 9.59 Å². The zero-order chi connectivity index (χ0) is 11.0. The molecule has 1 amide bonds. The van der Waals surface area contributed by atoms with Gasteiger partial charge in [0.2, 0.25) is 5.91 Å². The van der Waals surface area contributed by atoms with E-state index in [1.54, 1.807) is 0 Å². The molecule has 0 spiro atoms. The maximum Gasteiger partial charge on any atom is 0.303 e. The van der Waals surface area contributed by atoms with Crippen LogP contribution in [0.5, 0.6) is 0 Å². The van der Waals surface area contributed by atoms with Crippen molar-refractivity contribution < 1.29 is 14.7 Å². The summed E-state index contributed by atoms with van der Waals surface area (Å²) in [5, 5.41) is 10.9. The smallest absolute Gasteiger partial charge is 0.303 e. The van der Waals surface area contributed by atoms with Crippen molar-refractivity contribution in [3.63, 3.8) is 0 Å². The molecule has 5 nitrogen and oxygen atoms in total. The zero-order valence-electron chi connectivity index (χ0n) is 7.90. The topological polar surface area (TPSA) is 92.4 Å². The van der Waals surface area contributed by atoms with Crippen LogP contribution in [0.15, 0.2) is 0 Å². The second kappa shape index (κ2) is 7.64. The van der Waals surface area contributed by atoms with Crippen molar-refractivity contribution >= 4 is 24.5 Å².